The molecular formula is C26H22ClN9O6S2. The van der Waals surface area contributed by atoms with E-state index in [1.165, 1.54) is 95.3 Å². The van der Waals surface area contributed by atoms with Crippen molar-refractivity contribution in [2.24, 2.45) is 0 Å². The monoisotopic (exact) mass is 655 g/mol. The molecule has 2 N–H and O–H groups in total. The first-order valence-electron chi connectivity index (χ1n) is 12.5. The van der Waals surface area contributed by atoms with Crippen LogP contribution in [0.3, 0.4) is 0 Å². The highest BCUT2D eigenvalue weighted by atomic mass is 35.5. The Morgan fingerprint density at radius 3 is 1.61 bits per heavy atom. The number of halogens is 1. The molecule has 15 nitrogen and oxygen atoms in total. The summed E-state index contributed by atoms with van der Waals surface area (Å²) in [6.45, 7) is -0.378. The zero-order valence-electron chi connectivity index (χ0n) is 22.4. The first-order valence-corrected chi connectivity index (χ1v) is 15.8. The van der Waals surface area contributed by atoms with E-state index in [1.807, 2.05) is 0 Å². The Morgan fingerprint density at radius 1 is 0.705 bits per heavy atom. The SMILES string of the molecule is O=C(Cn1cncn1)Nc1cccc(S(=O)(=O)N(c2cccc(Cl)c2)S(=O)(=O)c2cccc(NC(=O)Cn3cncn3)c2)c1. The zero-order chi connectivity index (χ0) is 31.3. The van der Waals surface area contributed by atoms with Crippen LogP contribution >= 0.6 is 11.6 Å². The minimum Gasteiger partial charge on any atom is -0.324 e. The van der Waals surface area contributed by atoms with Crippen LogP contribution < -0.4 is 14.3 Å². The van der Waals surface area contributed by atoms with Gasteiger partial charge in [-0.3, -0.25) is 9.59 Å². The summed E-state index contributed by atoms with van der Waals surface area (Å²) in [4.78, 5) is 31.6. The molecule has 226 valence electrons. The standard InChI is InChI=1S/C26H22ClN9O6S2/c27-19-4-1-7-22(10-19)36(43(39,40)23-8-2-5-20(11-23)32-25(37)13-34-17-28-15-30-34)44(41,42)24-9-3-6-21(12-24)33-26(38)14-35-18-29-16-31-35/h1-12,15-18H,13-14H2,(H,32,37)(H,33,38). The van der Waals surface area contributed by atoms with Gasteiger partial charge in [0.25, 0.3) is 20.0 Å². The predicted octanol–water partition coefficient (Wildman–Crippen LogP) is 2.38. The lowest BCUT2D eigenvalue weighted by Gasteiger charge is -2.25. The van der Waals surface area contributed by atoms with Crippen LogP contribution in [-0.4, -0.2) is 58.2 Å². The van der Waals surface area contributed by atoms with Gasteiger partial charge in [0, 0.05) is 16.4 Å². The van der Waals surface area contributed by atoms with Crippen molar-refractivity contribution in [3.05, 3.63) is 103 Å². The fourth-order valence-corrected chi connectivity index (χ4v) is 7.93. The van der Waals surface area contributed by atoms with Crippen LogP contribution in [0.25, 0.3) is 0 Å². The van der Waals surface area contributed by atoms with Crippen molar-refractivity contribution in [1.82, 2.24) is 29.5 Å². The molecular weight excluding hydrogens is 634 g/mol. The van der Waals surface area contributed by atoms with E-state index in [-0.39, 0.29) is 38.9 Å². The van der Waals surface area contributed by atoms with Gasteiger partial charge in [0.1, 0.15) is 38.4 Å². The minimum atomic E-state index is -4.85. The normalized spacial score (nSPS) is 11.6. The summed E-state index contributed by atoms with van der Waals surface area (Å²) in [5, 5.41) is 12.9. The molecule has 2 aromatic heterocycles. The number of amides is 2. The molecule has 0 aliphatic heterocycles. The van der Waals surface area contributed by atoms with Crippen LogP contribution in [0.1, 0.15) is 0 Å². The first kappa shape index (κ1) is 30.3. The summed E-state index contributed by atoms with van der Waals surface area (Å²) in [6, 6.07) is 15.5. The van der Waals surface area contributed by atoms with E-state index < -0.39 is 41.7 Å². The molecule has 0 aliphatic rings. The second kappa shape index (κ2) is 12.6. The van der Waals surface area contributed by atoms with Gasteiger partial charge >= 0.3 is 0 Å². The highest BCUT2D eigenvalue weighted by Gasteiger charge is 2.37. The van der Waals surface area contributed by atoms with Crippen LogP contribution in [0.15, 0.2) is 108 Å². The molecule has 5 rings (SSSR count). The summed E-state index contributed by atoms with van der Waals surface area (Å²) in [5.74, 6) is -1.04. The maximum Gasteiger partial charge on any atom is 0.277 e. The highest BCUT2D eigenvalue weighted by Crippen LogP contribution is 2.33. The molecule has 5 aromatic rings. The molecule has 3 aromatic carbocycles. The molecule has 0 bridgehead atoms. The number of sulfonamides is 2. The average molecular weight is 656 g/mol. The highest BCUT2D eigenvalue weighted by molar-refractivity contribution is 8.10. The second-order valence-electron chi connectivity index (χ2n) is 9.03. The molecule has 44 heavy (non-hydrogen) atoms. The van der Waals surface area contributed by atoms with Gasteiger partial charge < -0.3 is 10.6 Å². The fourth-order valence-electron chi connectivity index (χ4n) is 3.98. The molecule has 0 unspecified atom stereocenters. The van der Waals surface area contributed by atoms with Crippen LogP contribution in [0, 0.1) is 0 Å². The fraction of sp³-hybridized carbons (Fsp3) is 0.0769. The molecule has 0 atom stereocenters. The number of rotatable bonds is 11. The van der Waals surface area contributed by atoms with Gasteiger partial charge in [0.15, 0.2) is 0 Å². The van der Waals surface area contributed by atoms with E-state index in [1.54, 1.807) is 0 Å². The van der Waals surface area contributed by atoms with Crippen molar-refractivity contribution >= 4 is 60.5 Å². The molecule has 18 heteroatoms. The summed E-state index contributed by atoms with van der Waals surface area (Å²) in [6.07, 6.45) is 5.19. The summed E-state index contributed by atoms with van der Waals surface area (Å²) < 4.78 is 59.1. The lowest BCUT2D eigenvalue weighted by atomic mass is 10.3. The maximum absolute atomic E-state index is 14.1. The average Bonchev–Trinajstić information content (AvgIpc) is 3.68. The first-order chi connectivity index (χ1) is 21.0. The Balaban J connectivity index is 1.49. The smallest absolute Gasteiger partial charge is 0.277 e. The van der Waals surface area contributed by atoms with Gasteiger partial charge in [0.05, 0.1) is 15.5 Å². The van der Waals surface area contributed by atoms with Crippen molar-refractivity contribution in [2.75, 3.05) is 14.3 Å². The van der Waals surface area contributed by atoms with E-state index >= 15 is 0 Å². The van der Waals surface area contributed by atoms with E-state index in [2.05, 4.69) is 30.8 Å². The number of benzene rings is 3. The van der Waals surface area contributed by atoms with E-state index in [9.17, 15) is 26.4 Å². The Bertz CT molecular complexity index is 1900. The maximum atomic E-state index is 14.1. The number of nitrogens with one attached hydrogen (secondary N) is 2. The lowest BCUT2D eigenvalue weighted by molar-refractivity contribution is -0.117. The largest absolute Gasteiger partial charge is 0.324 e. The lowest BCUT2D eigenvalue weighted by Crippen LogP contribution is -2.37. The molecule has 0 fully saturated rings. The number of hydrogen-bond donors (Lipinski definition) is 2. The van der Waals surface area contributed by atoms with Gasteiger partial charge in [-0.2, -0.15) is 13.9 Å². The molecule has 0 saturated heterocycles. The summed E-state index contributed by atoms with van der Waals surface area (Å²) >= 11 is 6.13. The number of carbonyl (C=O) groups excluding carboxylic acids is 2. The van der Waals surface area contributed by atoms with Crippen molar-refractivity contribution < 1.29 is 26.4 Å². The van der Waals surface area contributed by atoms with Crippen LogP contribution in [-0.2, 0) is 42.7 Å². The van der Waals surface area contributed by atoms with E-state index in [4.69, 9.17) is 11.6 Å². The van der Waals surface area contributed by atoms with Crippen molar-refractivity contribution in [3.8, 4) is 0 Å². The quantitative estimate of drug-likeness (QED) is 0.214. The van der Waals surface area contributed by atoms with Crippen LogP contribution in [0.4, 0.5) is 17.1 Å². The van der Waals surface area contributed by atoms with Gasteiger partial charge in [-0.05, 0) is 54.6 Å². The van der Waals surface area contributed by atoms with Crippen molar-refractivity contribution in [1.29, 1.82) is 0 Å². The third-order valence-electron chi connectivity index (χ3n) is 5.83. The summed E-state index contributed by atoms with van der Waals surface area (Å²) in [5.41, 5.74) is -0.0767. The third kappa shape index (κ3) is 6.91. The minimum absolute atomic E-state index is 0.0844. The molecule has 0 saturated carbocycles. The molecule has 0 spiro atoms. The Morgan fingerprint density at radius 2 is 1.18 bits per heavy atom. The van der Waals surface area contributed by atoms with Gasteiger partial charge in [-0.25, -0.2) is 36.2 Å². The summed E-state index contributed by atoms with van der Waals surface area (Å²) in [7, 11) is -9.71. The van der Waals surface area contributed by atoms with Crippen LogP contribution in [0.5, 0.6) is 0 Å². The predicted molar refractivity (Wildman–Crippen MR) is 158 cm³/mol. The van der Waals surface area contributed by atoms with Gasteiger partial charge in [0.2, 0.25) is 11.8 Å². The molecule has 0 aliphatic carbocycles. The third-order valence-corrected chi connectivity index (χ3v) is 10.2. The number of aromatic nitrogens is 6. The van der Waals surface area contributed by atoms with Gasteiger partial charge in [-0.1, -0.05) is 29.8 Å². The zero-order valence-corrected chi connectivity index (χ0v) is 24.8. The molecule has 2 amide bonds. The van der Waals surface area contributed by atoms with Gasteiger partial charge in [-0.15, -0.1) is 0 Å². The number of carbonyl (C=O) groups is 2. The topological polar surface area (TPSA) is 191 Å². The van der Waals surface area contributed by atoms with Crippen molar-refractivity contribution in [3.63, 3.8) is 0 Å². The molecule has 0 radical (unpaired) electrons. The Hall–Kier alpha value is -5.13. The Labute approximate surface area is 256 Å². The Kier molecular flexibility index (Phi) is 8.70. The van der Waals surface area contributed by atoms with E-state index in [0.717, 1.165) is 12.1 Å². The van der Waals surface area contributed by atoms with Crippen LogP contribution in [0.2, 0.25) is 5.02 Å². The number of anilines is 3. The second-order valence-corrected chi connectivity index (χ2v) is 13.3. The van der Waals surface area contributed by atoms with E-state index in [0.29, 0.717) is 0 Å². The number of nitrogens with zero attached hydrogens (tertiary/aromatic N) is 7. The number of hydrogen-bond acceptors (Lipinski definition) is 10. The van der Waals surface area contributed by atoms with Crippen molar-refractivity contribution in [2.45, 2.75) is 22.9 Å². The molecule has 2 heterocycles.